The Morgan fingerprint density at radius 3 is 2.82 bits per heavy atom. The Morgan fingerprint density at radius 2 is 2.11 bits per heavy atom. The van der Waals surface area contributed by atoms with Crippen LogP contribution >= 0.6 is 11.6 Å². The van der Waals surface area contributed by atoms with Gasteiger partial charge in [0.25, 0.3) is 0 Å². The highest BCUT2D eigenvalue weighted by molar-refractivity contribution is 6.27. The maximum absolute atomic E-state index is 13.1. The summed E-state index contributed by atoms with van der Waals surface area (Å²) >= 11 is 5.66. The van der Waals surface area contributed by atoms with Gasteiger partial charge in [-0.2, -0.15) is 0 Å². The largest absolute Gasteiger partial charge is 0.496 e. The van der Waals surface area contributed by atoms with Crippen molar-refractivity contribution >= 4 is 39.4 Å². The highest BCUT2D eigenvalue weighted by Gasteiger charge is 2.40. The van der Waals surface area contributed by atoms with Crippen molar-refractivity contribution in [2.24, 2.45) is 0 Å². The second-order valence-electron chi connectivity index (χ2n) is 7.35. The van der Waals surface area contributed by atoms with Crippen LogP contribution in [-0.4, -0.2) is 30.5 Å². The van der Waals surface area contributed by atoms with Crippen LogP contribution in [0.1, 0.15) is 19.4 Å². The first-order valence-electron chi connectivity index (χ1n) is 8.95. The molecule has 1 atom stereocenters. The summed E-state index contributed by atoms with van der Waals surface area (Å²) < 4.78 is 17.8. The zero-order chi connectivity index (χ0) is 20.1. The Balaban J connectivity index is 1.99. The lowest BCUT2D eigenvalue weighted by atomic mass is 9.87. The molecule has 0 saturated carbocycles. The van der Waals surface area contributed by atoms with E-state index in [4.69, 9.17) is 25.5 Å². The first-order chi connectivity index (χ1) is 13.4. The number of carbonyl (C=O) groups is 1. The number of methoxy groups -OCH3 is 1. The van der Waals surface area contributed by atoms with Crippen LogP contribution in [0.4, 0.5) is 0 Å². The summed E-state index contributed by atoms with van der Waals surface area (Å²) in [5.74, 6) is 0.552. The van der Waals surface area contributed by atoms with Crippen molar-refractivity contribution in [3.05, 3.63) is 46.1 Å². The van der Waals surface area contributed by atoms with Gasteiger partial charge in [0.1, 0.15) is 39.5 Å². The summed E-state index contributed by atoms with van der Waals surface area (Å²) in [6, 6.07) is 8.46. The maximum Gasteiger partial charge on any atom is 0.235 e. The number of carbonyl (C=O) groups excluding carboxylic acids is 1. The highest BCUT2D eigenvalue weighted by atomic mass is 35.5. The van der Waals surface area contributed by atoms with Gasteiger partial charge in [-0.3, -0.25) is 9.59 Å². The smallest absolute Gasteiger partial charge is 0.235 e. The second kappa shape index (κ2) is 6.71. The fourth-order valence-corrected chi connectivity index (χ4v) is 3.75. The van der Waals surface area contributed by atoms with E-state index in [1.165, 1.54) is 7.11 Å². The molecule has 4 rings (SSSR count). The monoisotopic (exact) mass is 401 g/mol. The van der Waals surface area contributed by atoms with Gasteiger partial charge in [0, 0.05) is 18.1 Å². The lowest BCUT2D eigenvalue weighted by molar-refractivity contribution is -0.121. The van der Waals surface area contributed by atoms with E-state index in [1.807, 2.05) is 19.9 Å². The first-order valence-corrected chi connectivity index (χ1v) is 9.49. The molecule has 2 aromatic carbocycles. The predicted molar refractivity (Wildman–Crippen MR) is 108 cm³/mol. The number of halogens is 1. The number of alkyl halides is 1. The Morgan fingerprint density at radius 1 is 1.36 bits per heavy atom. The summed E-state index contributed by atoms with van der Waals surface area (Å²) in [4.78, 5) is 25.0. The zero-order valence-corrected chi connectivity index (χ0v) is 16.6. The van der Waals surface area contributed by atoms with Crippen LogP contribution in [0.3, 0.4) is 0 Å². The molecule has 7 heteroatoms. The van der Waals surface area contributed by atoms with E-state index in [-0.39, 0.29) is 23.3 Å². The van der Waals surface area contributed by atoms with Crippen LogP contribution in [0, 0.1) is 0 Å². The van der Waals surface area contributed by atoms with Crippen molar-refractivity contribution in [1.29, 1.82) is 0 Å². The van der Waals surface area contributed by atoms with E-state index in [9.17, 15) is 9.59 Å². The molecule has 0 radical (unpaired) electrons. The summed E-state index contributed by atoms with van der Waals surface area (Å²) in [6.45, 7) is 3.78. The lowest BCUT2D eigenvalue weighted by Crippen LogP contribution is -2.56. The standard InChI is InChI=1S/C21H20ClNO5/c1-21(2)16(23-17(24)10-22)8-12-14(28-21)9-15(26-3)18-19(25)11-6-4-5-7-13(11)27-20(12)18/h4-7,9,16H,8,10H2,1-3H3,(H,23,24). The molecule has 6 nitrogen and oxygen atoms in total. The highest BCUT2D eigenvalue weighted by Crippen LogP contribution is 2.42. The van der Waals surface area contributed by atoms with Crippen molar-refractivity contribution in [2.75, 3.05) is 13.0 Å². The molecule has 1 aromatic heterocycles. The van der Waals surface area contributed by atoms with E-state index in [0.29, 0.717) is 39.9 Å². The molecule has 0 fully saturated rings. The molecule has 2 heterocycles. The van der Waals surface area contributed by atoms with Crippen LogP contribution in [-0.2, 0) is 11.2 Å². The molecular weight excluding hydrogens is 382 g/mol. The molecule has 1 unspecified atom stereocenters. The third-order valence-corrected chi connectivity index (χ3v) is 5.42. The normalized spacial score (nSPS) is 17.8. The Kier molecular flexibility index (Phi) is 4.46. The van der Waals surface area contributed by atoms with E-state index in [1.54, 1.807) is 24.3 Å². The Labute approximate surface area is 166 Å². The minimum Gasteiger partial charge on any atom is -0.496 e. The van der Waals surface area contributed by atoms with Crippen LogP contribution in [0.15, 0.2) is 39.5 Å². The number of hydrogen-bond acceptors (Lipinski definition) is 5. The molecule has 1 N–H and O–H groups in total. The molecule has 1 aliphatic rings. The lowest BCUT2D eigenvalue weighted by Gasteiger charge is -2.40. The van der Waals surface area contributed by atoms with Crippen molar-refractivity contribution in [3.8, 4) is 11.5 Å². The van der Waals surface area contributed by atoms with Crippen LogP contribution in [0.5, 0.6) is 11.5 Å². The molecule has 1 aliphatic heterocycles. The molecular formula is C21H20ClNO5. The van der Waals surface area contributed by atoms with Gasteiger partial charge in [-0.15, -0.1) is 11.6 Å². The fraction of sp³-hybridized carbons (Fsp3) is 0.333. The molecule has 3 aromatic rings. The number of amides is 1. The van der Waals surface area contributed by atoms with Gasteiger partial charge in [-0.1, -0.05) is 12.1 Å². The van der Waals surface area contributed by atoms with Crippen LogP contribution < -0.4 is 20.2 Å². The Bertz CT molecular complexity index is 1150. The molecule has 28 heavy (non-hydrogen) atoms. The fourth-order valence-electron chi connectivity index (χ4n) is 3.68. The average Bonchev–Trinajstić information content (AvgIpc) is 2.67. The van der Waals surface area contributed by atoms with Gasteiger partial charge in [-0.25, -0.2) is 0 Å². The minimum atomic E-state index is -0.676. The molecule has 0 saturated heterocycles. The molecule has 1 amide bonds. The predicted octanol–water partition coefficient (Wildman–Crippen LogP) is 3.39. The Hall–Kier alpha value is -2.73. The van der Waals surface area contributed by atoms with E-state index < -0.39 is 5.60 Å². The number of hydrogen-bond donors (Lipinski definition) is 1. The first kappa shape index (κ1) is 18.6. The molecule has 0 aliphatic carbocycles. The van der Waals surface area contributed by atoms with Gasteiger partial charge in [0.05, 0.1) is 18.5 Å². The van der Waals surface area contributed by atoms with Gasteiger partial charge in [0.15, 0.2) is 0 Å². The molecule has 0 bridgehead atoms. The zero-order valence-electron chi connectivity index (χ0n) is 15.8. The summed E-state index contributed by atoms with van der Waals surface area (Å²) in [6.07, 6.45) is 0.437. The van der Waals surface area contributed by atoms with Gasteiger partial charge in [0.2, 0.25) is 11.3 Å². The third-order valence-electron chi connectivity index (χ3n) is 5.17. The van der Waals surface area contributed by atoms with Crippen molar-refractivity contribution in [3.63, 3.8) is 0 Å². The second-order valence-corrected chi connectivity index (χ2v) is 7.62. The molecule has 146 valence electrons. The van der Waals surface area contributed by atoms with E-state index >= 15 is 0 Å². The quantitative estimate of drug-likeness (QED) is 0.537. The van der Waals surface area contributed by atoms with E-state index in [2.05, 4.69) is 5.32 Å². The van der Waals surface area contributed by atoms with Gasteiger partial charge in [-0.05, 0) is 26.0 Å². The number of nitrogens with one attached hydrogen (secondary N) is 1. The summed E-state index contributed by atoms with van der Waals surface area (Å²) in [5, 5.41) is 3.75. The topological polar surface area (TPSA) is 77.8 Å². The average molecular weight is 402 g/mol. The maximum atomic E-state index is 13.1. The minimum absolute atomic E-state index is 0.136. The van der Waals surface area contributed by atoms with Gasteiger partial charge >= 0.3 is 0 Å². The van der Waals surface area contributed by atoms with E-state index in [0.717, 1.165) is 5.56 Å². The number of ether oxygens (including phenoxy) is 2. The third kappa shape index (κ3) is 2.88. The SMILES string of the molecule is COc1cc2c(c3oc4ccccc4c(=O)c13)CC(NC(=O)CCl)C(C)(C)O2. The number of benzene rings is 2. The number of rotatable bonds is 3. The van der Waals surface area contributed by atoms with Gasteiger partial charge < -0.3 is 19.2 Å². The van der Waals surface area contributed by atoms with Crippen LogP contribution in [0.25, 0.3) is 21.9 Å². The van der Waals surface area contributed by atoms with Crippen molar-refractivity contribution in [1.82, 2.24) is 5.32 Å². The molecule has 0 spiro atoms. The number of para-hydroxylation sites is 1. The number of fused-ring (bicyclic) bond motifs is 4. The van der Waals surface area contributed by atoms with Crippen molar-refractivity contribution < 1.29 is 18.7 Å². The van der Waals surface area contributed by atoms with Crippen molar-refractivity contribution in [2.45, 2.75) is 31.9 Å². The summed E-state index contributed by atoms with van der Waals surface area (Å²) in [5.41, 5.74) is 0.783. The van der Waals surface area contributed by atoms with Crippen LogP contribution in [0.2, 0.25) is 0 Å². The summed E-state index contributed by atoms with van der Waals surface area (Å²) in [7, 11) is 1.51.